The molecule has 0 spiro atoms. The van der Waals surface area contributed by atoms with Crippen molar-refractivity contribution in [3.63, 3.8) is 0 Å². The van der Waals surface area contributed by atoms with Gasteiger partial charge in [0, 0.05) is 76.4 Å². The van der Waals surface area contributed by atoms with E-state index in [0.29, 0.717) is 25.0 Å². The summed E-state index contributed by atoms with van der Waals surface area (Å²) in [6.07, 6.45) is 14.4. The Morgan fingerprint density at radius 3 is 1.45 bits per heavy atom. The van der Waals surface area contributed by atoms with Crippen molar-refractivity contribution >= 4 is 57.3 Å². The number of aromatic nitrogens is 8. The second-order valence-electron chi connectivity index (χ2n) is 13.0. The first-order chi connectivity index (χ1) is 27.3. The molecule has 0 amide bonds. The SMILES string of the molecule is Cc1cc(C)cc(Nc2nccc(-c3ncc(CNc4cccnc4)s3)n2)c1.Cc1cc(C)cc(Nc2nccc(-c3ncc(CNc4ccncc4)s3)n2)c1. The molecular weight excluding hydrogens is 737 g/mol. The number of hydrogen-bond acceptors (Lipinski definition) is 14. The van der Waals surface area contributed by atoms with E-state index in [4.69, 9.17) is 0 Å². The largest absolute Gasteiger partial charge is 0.380 e. The first-order valence-electron chi connectivity index (χ1n) is 17.9. The molecule has 14 heteroatoms. The van der Waals surface area contributed by atoms with Crippen molar-refractivity contribution in [2.75, 3.05) is 21.3 Å². The third kappa shape index (κ3) is 10.7. The van der Waals surface area contributed by atoms with Crippen molar-refractivity contribution in [2.24, 2.45) is 0 Å². The van der Waals surface area contributed by atoms with E-state index in [0.717, 1.165) is 53.9 Å². The van der Waals surface area contributed by atoms with E-state index in [1.807, 2.05) is 48.8 Å². The minimum absolute atomic E-state index is 0.563. The quantitative estimate of drug-likeness (QED) is 0.0935. The van der Waals surface area contributed by atoms with Crippen LogP contribution in [0.3, 0.4) is 0 Å². The van der Waals surface area contributed by atoms with Crippen LogP contribution in [0.5, 0.6) is 0 Å². The second kappa shape index (κ2) is 18.1. The van der Waals surface area contributed by atoms with Gasteiger partial charge in [0.25, 0.3) is 0 Å². The van der Waals surface area contributed by atoms with E-state index in [-0.39, 0.29) is 0 Å². The van der Waals surface area contributed by atoms with Gasteiger partial charge in [-0.2, -0.15) is 0 Å². The predicted octanol–water partition coefficient (Wildman–Crippen LogP) is 9.94. The van der Waals surface area contributed by atoms with Gasteiger partial charge in [0.15, 0.2) is 0 Å². The maximum Gasteiger partial charge on any atom is 0.227 e. The van der Waals surface area contributed by atoms with E-state index in [2.05, 4.69) is 125 Å². The van der Waals surface area contributed by atoms with Crippen LogP contribution in [0.15, 0.2) is 122 Å². The summed E-state index contributed by atoms with van der Waals surface area (Å²) >= 11 is 3.23. The standard InChI is InChI=1S/2C21H20N6S/c1-14-9-15(2)11-17(10-14)26-21-23-8-5-19(27-21)20-25-13-18(28-20)12-24-16-3-6-22-7-4-16;1-14-8-15(2)10-17(9-14)26-21-23-7-5-19(27-21)20-25-13-18(28-20)12-24-16-4-3-6-22-11-16/h3-11,13H,12H2,1-2H3,(H,22,24)(H,23,26,27);3-11,13,24H,12H2,1-2H3,(H,23,26,27). The zero-order valence-electron chi connectivity index (χ0n) is 31.4. The number of pyridine rings is 2. The minimum atomic E-state index is 0.563. The van der Waals surface area contributed by atoms with Crippen LogP contribution in [0.25, 0.3) is 21.4 Å². The molecule has 0 radical (unpaired) electrons. The molecule has 2 aromatic carbocycles. The summed E-state index contributed by atoms with van der Waals surface area (Å²) in [6, 6.07) is 24.1. The average Bonchev–Trinajstić information content (AvgIpc) is 3.88. The van der Waals surface area contributed by atoms with Gasteiger partial charge in [-0.25, -0.2) is 29.9 Å². The number of nitrogens with one attached hydrogen (secondary N) is 4. The lowest BCUT2D eigenvalue weighted by atomic mass is 10.1. The number of aryl methyl sites for hydroxylation is 4. The molecule has 0 bridgehead atoms. The molecule has 6 heterocycles. The van der Waals surface area contributed by atoms with Crippen molar-refractivity contribution in [2.45, 2.75) is 40.8 Å². The molecule has 0 atom stereocenters. The molecule has 0 saturated heterocycles. The van der Waals surface area contributed by atoms with Crippen LogP contribution in [0.1, 0.15) is 32.0 Å². The summed E-state index contributed by atoms with van der Waals surface area (Å²) < 4.78 is 0. The summed E-state index contributed by atoms with van der Waals surface area (Å²) in [7, 11) is 0. The number of anilines is 6. The molecule has 4 N–H and O–H groups in total. The average molecular weight is 777 g/mol. The van der Waals surface area contributed by atoms with Crippen LogP contribution in [0.4, 0.5) is 34.6 Å². The third-order valence-corrected chi connectivity index (χ3v) is 10.1. The van der Waals surface area contributed by atoms with Crippen LogP contribution >= 0.6 is 22.7 Å². The third-order valence-electron chi connectivity index (χ3n) is 8.09. The van der Waals surface area contributed by atoms with Gasteiger partial charge in [0.2, 0.25) is 11.9 Å². The Labute approximate surface area is 333 Å². The van der Waals surface area contributed by atoms with E-state index >= 15 is 0 Å². The van der Waals surface area contributed by atoms with Crippen LogP contribution in [-0.2, 0) is 13.1 Å². The lowest BCUT2D eigenvalue weighted by Crippen LogP contribution is -1.98. The Kier molecular flexibility index (Phi) is 12.2. The number of thiazole rings is 2. The first-order valence-corrected chi connectivity index (χ1v) is 19.5. The number of nitrogens with zero attached hydrogens (tertiary/aromatic N) is 8. The Bertz CT molecular complexity index is 2290. The maximum atomic E-state index is 4.63. The van der Waals surface area contributed by atoms with Crippen molar-refractivity contribution in [1.29, 1.82) is 0 Å². The fourth-order valence-corrected chi connectivity index (χ4v) is 7.40. The van der Waals surface area contributed by atoms with E-state index in [9.17, 15) is 0 Å². The van der Waals surface area contributed by atoms with Gasteiger partial charge in [-0.3, -0.25) is 9.97 Å². The van der Waals surface area contributed by atoms with Crippen LogP contribution in [0, 0.1) is 27.7 Å². The summed E-state index contributed by atoms with van der Waals surface area (Å²) in [6.45, 7) is 9.71. The molecule has 0 aliphatic rings. The Hall–Kier alpha value is -6.64. The molecule has 280 valence electrons. The fourth-order valence-electron chi connectivity index (χ4n) is 5.76. The summed E-state index contributed by atoms with van der Waals surface area (Å²) in [5.41, 5.74) is 10.4. The molecule has 0 fully saturated rings. The Balaban J connectivity index is 0.000000172. The van der Waals surface area contributed by atoms with Crippen molar-refractivity contribution in [1.82, 2.24) is 39.9 Å². The van der Waals surface area contributed by atoms with Gasteiger partial charge in [0.1, 0.15) is 21.4 Å². The molecule has 12 nitrogen and oxygen atoms in total. The van der Waals surface area contributed by atoms with Gasteiger partial charge in [0.05, 0.1) is 18.8 Å². The predicted molar refractivity (Wildman–Crippen MR) is 228 cm³/mol. The lowest BCUT2D eigenvalue weighted by Gasteiger charge is -2.07. The number of rotatable bonds is 12. The zero-order valence-corrected chi connectivity index (χ0v) is 33.0. The summed E-state index contributed by atoms with van der Waals surface area (Å²) in [4.78, 5) is 37.4. The molecule has 8 aromatic rings. The molecule has 0 saturated carbocycles. The lowest BCUT2D eigenvalue weighted by molar-refractivity contribution is 1.15. The van der Waals surface area contributed by atoms with E-state index < -0.39 is 0 Å². The van der Waals surface area contributed by atoms with Crippen molar-refractivity contribution in [3.05, 3.63) is 154 Å². The maximum absolute atomic E-state index is 4.63. The second-order valence-corrected chi connectivity index (χ2v) is 15.2. The molecular formula is C42H40N12S2. The highest BCUT2D eigenvalue weighted by molar-refractivity contribution is 7.15. The van der Waals surface area contributed by atoms with Crippen LogP contribution < -0.4 is 21.3 Å². The molecule has 0 aliphatic carbocycles. The van der Waals surface area contributed by atoms with Gasteiger partial charge in [-0.05, 0) is 111 Å². The number of benzene rings is 2. The highest BCUT2D eigenvalue weighted by Gasteiger charge is 2.10. The van der Waals surface area contributed by atoms with Crippen molar-refractivity contribution in [3.8, 4) is 21.4 Å². The Morgan fingerprint density at radius 2 is 0.964 bits per heavy atom. The van der Waals surface area contributed by atoms with Crippen LogP contribution in [-0.4, -0.2) is 39.9 Å². The van der Waals surface area contributed by atoms with Gasteiger partial charge in [-0.15, -0.1) is 22.7 Å². The molecule has 6 aromatic heterocycles. The molecule has 0 unspecified atom stereocenters. The van der Waals surface area contributed by atoms with Gasteiger partial charge >= 0.3 is 0 Å². The highest BCUT2D eigenvalue weighted by Crippen LogP contribution is 2.27. The minimum Gasteiger partial charge on any atom is -0.380 e. The van der Waals surface area contributed by atoms with Crippen molar-refractivity contribution < 1.29 is 0 Å². The normalized spacial score (nSPS) is 10.6. The van der Waals surface area contributed by atoms with E-state index in [1.165, 1.54) is 22.3 Å². The van der Waals surface area contributed by atoms with Gasteiger partial charge < -0.3 is 21.3 Å². The van der Waals surface area contributed by atoms with Crippen LogP contribution in [0.2, 0.25) is 0 Å². The smallest absolute Gasteiger partial charge is 0.227 e. The number of hydrogen-bond donors (Lipinski definition) is 4. The molecule has 0 aliphatic heterocycles. The topological polar surface area (TPSA) is 151 Å². The molecule has 56 heavy (non-hydrogen) atoms. The summed E-state index contributed by atoms with van der Waals surface area (Å²) in [5.74, 6) is 1.13. The molecule has 8 rings (SSSR count). The zero-order chi connectivity index (χ0) is 38.7. The van der Waals surface area contributed by atoms with E-state index in [1.54, 1.807) is 59.9 Å². The fraction of sp³-hybridized carbons (Fsp3) is 0.143. The summed E-state index contributed by atoms with van der Waals surface area (Å²) in [5, 5.41) is 15.0. The first kappa shape index (κ1) is 37.7. The van der Waals surface area contributed by atoms with Gasteiger partial charge in [-0.1, -0.05) is 12.1 Å². The monoisotopic (exact) mass is 776 g/mol. The highest BCUT2D eigenvalue weighted by atomic mass is 32.1. The Morgan fingerprint density at radius 1 is 0.464 bits per heavy atom.